The molecule has 1 fully saturated rings. The zero-order chi connectivity index (χ0) is 18.6. The van der Waals surface area contributed by atoms with Crippen LogP contribution in [0.4, 0.5) is 5.82 Å². The molecule has 1 aromatic heterocycles. The van der Waals surface area contributed by atoms with E-state index in [9.17, 15) is 4.79 Å². The van der Waals surface area contributed by atoms with Crippen LogP contribution in [-0.4, -0.2) is 55.4 Å². The zero-order valence-corrected chi connectivity index (χ0v) is 15.4. The van der Waals surface area contributed by atoms with E-state index in [-0.39, 0.29) is 5.97 Å². The second-order valence-electron chi connectivity index (χ2n) is 6.58. The number of aromatic nitrogens is 1. The predicted molar refractivity (Wildman–Crippen MR) is 100 cm³/mol. The number of ether oxygens (including phenoxy) is 3. The SMILES string of the molecule is CCOC(=O)c1ccc(N2CCN(Cc3ccc4c(c3)OCO4)CC2)nc1. The fraction of sp³-hybridized carbons (Fsp3) is 0.400. The van der Waals surface area contributed by atoms with Crippen LogP contribution in [0.15, 0.2) is 36.5 Å². The Hall–Kier alpha value is -2.80. The summed E-state index contributed by atoms with van der Waals surface area (Å²) in [5.74, 6) is 2.22. The average molecular weight is 369 g/mol. The molecule has 0 atom stereocenters. The predicted octanol–water partition coefficient (Wildman–Crippen LogP) is 2.31. The first kappa shape index (κ1) is 17.6. The monoisotopic (exact) mass is 369 g/mol. The van der Waals surface area contributed by atoms with Gasteiger partial charge in [0.15, 0.2) is 11.5 Å². The molecule has 2 aliphatic heterocycles. The number of carbonyl (C=O) groups excluding carboxylic acids is 1. The highest BCUT2D eigenvalue weighted by atomic mass is 16.7. The second-order valence-corrected chi connectivity index (χ2v) is 6.58. The van der Waals surface area contributed by atoms with Crippen LogP contribution in [0.5, 0.6) is 11.5 Å². The van der Waals surface area contributed by atoms with Gasteiger partial charge in [0, 0.05) is 38.9 Å². The molecule has 7 nitrogen and oxygen atoms in total. The summed E-state index contributed by atoms with van der Waals surface area (Å²) in [6, 6.07) is 9.79. The van der Waals surface area contributed by atoms with Crippen LogP contribution < -0.4 is 14.4 Å². The number of hydrogen-bond donors (Lipinski definition) is 0. The van der Waals surface area contributed by atoms with E-state index < -0.39 is 0 Å². The molecule has 0 radical (unpaired) electrons. The Balaban J connectivity index is 1.31. The highest BCUT2D eigenvalue weighted by Crippen LogP contribution is 2.32. The number of esters is 1. The molecule has 0 N–H and O–H groups in total. The summed E-state index contributed by atoms with van der Waals surface area (Å²) in [7, 11) is 0. The van der Waals surface area contributed by atoms with Crippen molar-refractivity contribution in [1.82, 2.24) is 9.88 Å². The standard InChI is InChI=1S/C20H23N3O4/c1-2-25-20(24)16-4-6-19(21-12-16)23-9-7-22(8-10-23)13-15-3-5-17-18(11-15)27-14-26-17/h3-6,11-12H,2,7-10,13-14H2,1H3. The van der Waals surface area contributed by atoms with Crippen LogP contribution in [0.2, 0.25) is 0 Å². The molecule has 0 aliphatic carbocycles. The summed E-state index contributed by atoms with van der Waals surface area (Å²) in [6.45, 7) is 7.06. The first-order chi connectivity index (χ1) is 13.2. The van der Waals surface area contributed by atoms with E-state index in [4.69, 9.17) is 14.2 Å². The lowest BCUT2D eigenvalue weighted by Gasteiger charge is -2.35. The van der Waals surface area contributed by atoms with Crippen molar-refractivity contribution in [2.24, 2.45) is 0 Å². The Morgan fingerprint density at radius 1 is 1.11 bits per heavy atom. The van der Waals surface area contributed by atoms with Gasteiger partial charge in [0.1, 0.15) is 5.82 Å². The molecule has 2 aromatic rings. The van der Waals surface area contributed by atoms with E-state index in [1.165, 1.54) is 5.56 Å². The molecule has 0 unspecified atom stereocenters. The van der Waals surface area contributed by atoms with E-state index in [2.05, 4.69) is 26.9 Å². The average Bonchev–Trinajstić information content (AvgIpc) is 3.17. The summed E-state index contributed by atoms with van der Waals surface area (Å²) in [6.07, 6.45) is 1.59. The lowest BCUT2D eigenvalue weighted by molar-refractivity contribution is 0.0526. The highest BCUT2D eigenvalue weighted by molar-refractivity contribution is 5.89. The summed E-state index contributed by atoms with van der Waals surface area (Å²) in [5.41, 5.74) is 1.71. The van der Waals surface area contributed by atoms with Crippen molar-refractivity contribution < 1.29 is 19.0 Å². The van der Waals surface area contributed by atoms with E-state index in [0.29, 0.717) is 19.0 Å². The number of fused-ring (bicyclic) bond motifs is 1. The Kier molecular flexibility index (Phi) is 5.11. The third-order valence-electron chi connectivity index (χ3n) is 4.80. The number of benzene rings is 1. The van der Waals surface area contributed by atoms with Gasteiger partial charge in [-0.2, -0.15) is 0 Å². The number of rotatable bonds is 5. The van der Waals surface area contributed by atoms with Gasteiger partial charge in [-0.05, 0) is 36.8 Å². The van der Waals surface area contributed by atoms with Gasteiger partial charge in [-0.25, -0.2) is 9.78 Å². The maximum atomic E-state index is 11.7. The number of nitrogens with zero attached hydrogens (tertiary/aromatic N) is 3. The molecule has 0 amide bonds. The van der Waals surface area contributed by atoms with E-state index in [1.54, 1.807) is 19.2 Å². The van der Waals surface area contributed by atoms with Crippen molar-refractivity contribution >= 4 is 11.8 Å². The van der Waals surface area contributed by atoms with Gasteiger partial charge in [0.05, 0.1) is 12.2 Å². The minimum absolute atomic E-state index is 0.305. The number of pyridine rings is 1. The number of hydrogen-bond acceptors (Lipinski definition) is 7. The largest absolute Gasteiger partial charge is 0.462 e. The zero-order valence-electron chi connectivity index (χ0n) is 15.4. The lowest BCUT2D eigenvalue weighted by Crippen LogP contribution is -2.46. The fourth-order valence-electron chi connectivity index (χ4n) is 3.34. The van der Waals surface area contributed by atoms with Gasteiger partial charge in [-0.15, -0.1) is 0 Å². The summed E-state index contributed by atoms with van der Waals surface area (Å²) >= 11 is 0. The lowest BCUT2D eigenvalue weighted by atomic mass is 10.1. The van der Waals surface area contributed by atoms with E-state index in [1.807, 2.05) is 12.1 Å². The van der Waals surface area contributed by atoms with Crippen LogP contribution in [0, 0.1) is 0 Å². The quantitative estimate of drug-likeness (QED) is 0.750. The molecule has 0 bridgehead atoms. The van der Waals surface area contributed by atoms with Gasteiger partial charge in [0.2, 0.25) is 6.79 Å². The molecule has 3 heterocycles. The molecule has 0 saturated carbocycles. The summed E-state index contributed by atoms with van der Waals surface area (Å²) in [4.78, 5) is 20.8. The molecule has 0 spiro atoms. The maximum Gasteiger partial charge on any atom is 0.339 e. The number of carbonyl (C=O) groups is 1. The van der Waals surface area contributed by atoms with Crippen molar-refractivity contribution in [2.45, 2.75) is 13.5 Å². The third-order valence-corrected chi connectivity index (χ3v) is 4.80. The molecule has 2 aliphatic rings. The van der Waals surface area contributed by atoms with Crippen LogP contribution in [-0.2, 0) is 11.3 Å². The minimum Gasteiger partial charge on any atom is -0.462 e. The Morgan fingerprint density at radius 2 is 1.93 bits per heavy atom. The summed E-state index contributed by atoms with van der Waals surface area (Å²) in [5, 5.41) is 0. The Morgan fingerprint density at radius 3 is 2.67 bits per heavy atom. The molecule has 142 valence electrons. The van der Waals surface area contributed by atoms with Gasteiger partial charge < -0.3 is 19.1 Å². The molecule has 1 saturated heterocycles. The number of piperazine rings is 1. The van der Waals surface area contributed by atoms with Crippen molar-refractivity contribution in [1.29, 1.82) is 0 Å². The maximum absolute atomic E-state index is 11.7. The molecule has 27 heavy (non-hydrogen) atoms. The highest BCUT2D eigenvalue weighted by Gasteiger charge is 2.20. The number of anilines is 1. The third kappa shape index (κ3) is 3.98. The minimum atomic E-state index is -0.329. The van der Waals surface area contributed by atoms with Crippen LogP contribution >= 0.6 is 0 Å². The first-order valence-corrected chi connectivity index (χ1v) is 9.22. The molecule has 4 rings (SSSR count). The molecular formula is C20H23N3O4. The van der Waals surface area contributed by atoms with Gasteiger partial charge in [-0.3, -0.25) is 4.90 Å². The smallest absolute Gasteiger partial charge is 0.339 e. The second kappa shape index (κ2) is 7.84. The Bertz CT molecular complexity index is 801. The van der Waals surface area contributed by atoms with Crippen molar-refractivity contribution in [3.05, 3.63) is 47.7 Å². The topological polar surface area (TPSA) is 64.1 Å². The molecular weight excluding hydrogens is 346 g/mol. The normalized spacial score (nSPS) is 16.4. The van der Waals surface area contributed by atoms with Gasteiger partial charge >= 0.3 is 5.97 Å². The van der Waals surface area contributed by atoms with E-state index in [0.717, 1.165) is 50.0 Å². The Labute approximate surface area is 158 Å². The van der Waals surface area contributed by atoms with Gasteiger partial charge in [-0.1, -0.05) is 6.07 Å². The first-order valence-electron chi connectivity index (χ1n) is 9.22. The van der Waals surface area contributed by atoms with Crippen LogP contribution in [0.3, 0.4) is 0 Å². The van der Waals surface area contributed by atoms with Crippen molar-refractivity contribution in [2.75, 3.05) is 44.5 Å². The van der Waals surface area contributed by atoms with Crippen LogP contribution in [0.1, 0.15) is 22.8 Å². The summed E-state index contributed by atoms with van der Waals surface area (Å²) < 4.78 is 15.8. The van der Waals surface area contributed by atoms with Gasteiger partial charge in [0.25, 0.3) is 0 Å². The van der Waals surface area contributed by atoms with Crippen molar-refractivity contribution in [3.8, 4) is 11.5 Å². The van der Waals surface area contributed by atoms with Crippen LogP contribution in [0.25, 0.3) is 0 Å². The van der Waals surface area contributed by atoms with E-state index >= 15 is 0 Å². The van der Waals surface area contributed by atoms with Crippen molar-refractivity contribution in [3.63, 3.8) is 0 Å². The fourth-order valence-corrected chi connectivity index (χ4v) is 3.34. The molecule has 7 heteroatoms. The molecule has 1 aromatic carbocycles.